The topological polar surface area (TPSA) is 89.5 Å². The number of amides is 1. The number of hydrogen-bond acceptors (Lipinski definition) is 5. The van der Waals surface area contributed by atoms with Crippen molar-refractivity contribution in [3.8, 4) is 0 Å². The zero-order chi connectivity index (χ0) is 19.9. The molecule has 0 bridgehead atoms. The lowest BCUT2D eigenvalue weighted by Gasteiger charge is -2.10. The summed E-state index contributed by atoms with van der Waals surface area (Å²) in [7, 11) is -3.48. The van der Waals surface area contributed by atoms with Crippen molar-refractivity contribution < 1.29 is 22.7 Å². The molecule has 0 atom stereocenters. The van der Waals surface area contributed by atoms with E-state index in [-0.39, 0.29) is 17.0 Å². The molecule has 2 aromatic carbocycles. The number of rotatable bonds is 8. The first-order chi connectivity index (χ1) is 12.8. The fraction of sp³-hybridized carbons (Fsp3) is 0.300. The molecule has 0 radical (unpaired) electrons. The summed E-state index contributed by atoms with van der Waals surface area (Å²) in [6, 6.07) is 14.1. The first-order valence-corrected chi connectivity index (χ1v) is 10.5. The Balaban J connectivity index is 1.82. The minimum atomic E-state index is -3.48. The molecule has 0 saturated carbocycles. The van der Waals surface area contributed by atoms with Crippen LogP contribution in [0.2, 0.25) is 0 Å². The molecule has 2 aromatic rings. The fourth-order valence-electron chi connectivity index (χ4n) is 2.49. The first-order valence-electron chi connectivity index (χ1n) is 8.62. The largest absolute Gasteiger partial charge is 0.456 e. The SMILES string of the molecule is CCc1ccc(CCC(=O)OCC(=O)Nc2ccccc2S(C)(=O)=O)cc1. The van der Waals surface area contributed by atoms with Crippen LogP contribution in [0.25, 0.3) is 0 Å². The van der Waals surface area contributed by atoms with Gasteiger partial charge < -0.3 is 10.1 Å². The van der Waals surface area contributed by atoms with Crippen LogP contribution in [-0.2, 0) is 37.0 Å². The van der Waals surface area contributed by atoms with Crippen LogP contribution in [0, 0.1) is 0 Å². The van der Waals surface area contributed by atoms with Gasteiger partial charge in [0.1, 0.15) is 0 Å². The number of carbonyl (C=O) groups is 2. The second kappa shape index (κ2) is 9.32. The molecule has 27 heavy (non-hydrogen) atoms. The predicted molar refractivity (Wildman–Crippen MR) is 103 cm³/mol. The molecular formula is C20H23NO5S. The van der Waals surface area contributed by atoms with Crippen molar-refractivity contribution >= 4 is 27.4 Å². The number of ether oxygens (including phenoxy) is 1. The zero-order valence-electron chi connectivity index (χ0n) is 15.4. The molecule has 0 saturated heterocycles. The van der Waals surface area contributed by atoms with Gasteiger partial charge in [-0.2, -0.15) is 0 Å². The Morgan fingerprint density at radius 3 is 2.26 bits per heavy atom. The predicted octanol–water partition coefficient (Wildman–Crippen LogP) is 2.77. The first kappa shape index (κ1) is 20.6. The van der Waals surface area contributed by atoms with Crippen LogP contribution < -0.4 is 5.32 Å². The van der Waals surface area contributed by atoms with Crippen molar-refractivity contribution in [2.24, 2.45) is 0 Å². The minimum Gasteiger partial charge on any atom is -0.456 e. The highest BCUT2D eigenvalue weighted by atomic mass is 32.2. The van der Waals surface area contributed by atoms with E-state index in [1.54, 1.807) is 12.1 Å². The molecule has 0 unspecified atom stereocenters. The summed E-state index contributed by atoms with van der Waals surface area (Å²) in [5, 5.41) is 2.46. The summed E-state index contributed by atoms with van der Waals surface area (Å²) in [6.45, 7) is 1.61. The highest BCUT2D eigenvalue weighted by molar-refractivity contribution is 7.90. The number of nitrogens with one attached hydrogen (secondary N) is 1. The molecule has 0 spiro atoms. The lowest BCUT2D eigenvalue weighted by Crippen LogP contribution is -2.22. The Morgan fingerprint density at radius 1 is 1.00 bits per heavy atom. The highest BCUT2D eigenvalue weighted by Crippen LogP contribution is 2.20. The van der Waals surface area contributed by atoms with Gasteiger partial charge in [0.25, 0.3) is 5.91 Å². The number of benzene rings is 2. The van der Waals surface area contributed by atoms with Gasteiger partial charge in [0, 0.05) is 12.7 Å². The summed E-state index contributed by atoms with van der Waals surface area (Å²) < 4.78 is 28.4. The number of aryl methyl sites for hydroxylation is 2. The normalized spacial score (nSPS) is 11.0. The van der Waals surface area contributed by atoms with Gasteiger partial charge in [0.05, 0.1) is 10.6 Å². The molecule has 7 heteroatoms. The molecule has 0 heterocycles. The van der Waals surface area contributed by atoms with Gasteiger partial charge in [0.2, 0.25) is 0 Å². The summed E-state index contributed by atoms with van der Waals surface area (Å²) >= 11 is 0. The molecule has 1 amide bonds. The van der Waals surface area contributed by atoms with Gasteiger partial charge in [0.15, 0.2) is 16.4 Å². The molecule has 0 aliphatic rings. The molecule has 0 aromatic heterocycles. The van der Waals surface area contributed by atoms with Crippen molar-refractivity contribution in [3.63, 3.8) is 0 Å². The smallest absolute Gasteiger partial charge is 0.306 e. The van der Waals surface area contributed by atoms with Crippen molar-refractivity contribution in [3.05, 3.63) is 59.7 Å². The standard InChI is InChI=1S/C20H23NO5S/c1-3-15-8-10-16(11-9-15)12-13-20(23)26-14-19(22)21-17-6-4-5-7-18(17)27(2,24)25/h4-11H,3,12-14H2,1-2H3,(H,21,22). The lowest BCUT2D eigenvalue weighted by molar-refractivity contribution is -0.147. The number of esters is 1. The third-order valence-corrected chi connectivity index (χ3v) is 5.13. The average molecular weight is 389 g/mol. The minimum absolute atomic E-state index is 0.0141. The van der Waals surface area contributed by atoms with E-state index in [0.29, 0.717) is 6.42 Å². The Kier molecular flexibility index (Phi) is 7.12. The number of carbonyl (C=O) groups excluding carboxylic acids is 2. The molecule has 1 N–H and O–H groups in total. The Labute approximate surface area is 159 Å². The van der Waals surface area contributed by atoms with E-state index in [9.17, 15) is 18.0 Å². The molecule has 0 fully saturated rings. The van der Waals surface area contributed by atoms with Gasteiger partial charge in [-0.3, -0.25) is 9.59 Å². The van der Waals surface area contributed by atoms with Gasteiger partial charge in [-0.25, -0.2) is 8.42 Å². The molecule has 144 valence electrons. The Hall–Kier alpha value is -2.67. The average Bonchev–Trinajstić information content (AvgIpc) is 2.64. The maximum atomic E-state index is 12.0. The van der Waals surface area contributed by atoms with Crippen molar-refractivity contribution in [2.75, 3.05) is 18.2 Å². The van der Waals surface area contributed by atoms with Crippen molar-refractivity contribution in [1.82, 2.24) is 0 Å². The van der Waals surface area contributed by atoms with E-state index in [4.69, 9.17) is 4.74 Å². The molecular weight excluding hydrogens is 366 g/mol. The fourth-order valence-corrected chi connectivity index (χ4v) is 3.33. The third kappa shape index (κ3) is 6.53. The van der Waals surface area contributed by atoms with Crippen LogP contribution in [-0.4, -0.2) is 33.2 Å². The highest BCUT2D eigenvalue weighted by Gasteiger charge is 2.15. The van der Waals surface area contributed by atoms with Crippen LogP contribution in [0.5, 0.6) is 0 Å². The summed E-state index contributed by atoms with van der Waals surface area (Å²) in [5.41, 5.74) is 2.42. The molecule has 6 nitrogen and oxygen atoms in total. The van der Waals surface area contributed by atoms with Crippen LogP contribution in [0.1, 0.15) is 24.5 Å². The van der Waals surface area contributed by atoms with Crippen LogP contribution in [0.15, 0.2) is 53.4 Å². The molecule has 2 rings (SSSR count). The van der Waals surface area contributed by atoms with E-state index in [1.807, 2.05) is 24.3 Å². The van der Waals surface area contributed by atoms with Crippen LogP contribution >= 0.6 is 0 Å². The summed E-state index contributed by atoms with van der Waals surface area (Å²) in [4.78, 5) is 23.8. The summed E-state index contributed by atoms with van der Waals surface area (Å²) in [6.07, 6.45) is 2.71. The maximum absolute atomic E-state index is 12.0. The number of sulfone groups is 1. The number of para-hydroxylation sites is 1. The second-order valence-corrected chi connectivity index (χ2v) is 8.13. The third-order valence-electron chi connectivity index (χ3n) is 3.97. The molecule has 0 aliphatic heterocycles. The van der Waals surface area contributed by atoms with Crippen molar-refractivity contribution in [2.45, 2.75) is 31.1 Å². The van der Waals surface area contributed by atoms with Crippen LogP contribution in [0.4, 0.5) is 5.69 Å². The van der Waals surface area contributed by atoms with Crippen LogP contribution in [0.3, 0.4) is 0 Å². The van der Waals surface area contributed by atoms with E-state index in [0.717, 1.165) is 18.2 Å². The number of anilines is 1. The van der Waals surface area contributed by atoms with Crippen molar-refractivity contribution in [1.29, 1.82) is 0 Å². The van der Waals surface area contributed by atoms with E-state index in [1.165, 1.54) is 17.7 Å². The van der Waals surface area contributed by atoms with E-state index < -0.39 is 28.3 Å². The second-order valence-electron chi connectivity index (χ2n) is 6.15. The maximum Gasteiger partial charge on any atom is 0.306 e. The quantitative estimate of drug-likeness (QED) is 0.701. The van der Waals surface area contributed by atoms with Gasteiger partial charge in [-0.05, 0) is 36.1 Å². The van der Waals surface area contributed by atoms with E-state index >= 15 is 0 Å². The lowest BCUT2D eigenvalue weighted by atomic mass is 10.1. The molecule has 0 aliphatic carbocycles. The zero-order valence-corrected chi connectivity index (χ0v) is 16.2. The van der Waals surface area contributed by atoms with Gasteiger partial charge >= 0.3 is 5.97 Å². The Morgan fingerprint density at radius 2 is 1.63 bits per heavy atom. The Bertz CT molecular complexity index is 904. The van der Waals surface area contributed by atoms with Gasteiger partial charge in [-0.1, -0.05) is 43.3 Å². The summed E-state index contributed by atoms with van der Waals surface area (Å²) in [5.74, 6) is -1.08. The number of hydrogen-bond donors (Lipinski definition) is 1. The monoisotopic (exact) mass is 389 g/mol. The van der Waals surface area contributed by atoms with E-state index in [2.05, 4.69) is 12.2 Å². The van der Waals surface area contributed by atoms with Gasteiger partial charge in [-0.15, -0.1) is 0 Å².